The molecule has 0 spiro atoms. The maximum absolute atomic E-state index is 12.4. The highest BCUT2D eigenvalue weighted by molar-refractivity contribution is 7.90. The summed E-state index contributed by atoms with van der Waals surface area (Å²) in [6, 6.07) is -0.472. The Bertz CT molecular complexity index is 508. The molecule has 1 saturated heterocycles. The van der Waals surface area contributed by atoms with Crippen LogP contribution in [0.15, 0.2) is 0 Å². The number of piperazine rings is 1. The number of amides is 2. The smallest absolute Gasteiger partial charge is 0.246 e. The van der Waals surface area contributed by atoms with Crippen LogP contribution in [0.4, 0.5) is 0 Å². The topological polar surface area (TPSA) is 83.6 Å². The molecule has 1 saturated carbocycles. The van der Waals surface area contributed by atoms with Gasteiger partial charge in [-0.15, -0.1) is 0 Å². The highest BCUT2D eigenvalue weighted by atomic mass is 32.2. The number of rotatable bonds is 4. The van der Waals surface area contributed by atoms with Gasteiger partial charge in [0.15, 0.2) is 0 Å². The molecule has 108 valence electrons. The summed E-state index contributed by atoms with van der Waals surface area (Å²) in [5.74, 6) is -0.270. The fraction of sp³-hybridized carbons (Fsp3) is 0.833. The van der Waals surface area contributed by atoms with Gasteiger partial charge in [0.05, 0.1) is 5.75 Å². The number of sulfone groups is 1. The van der Waals surface area contributed by atoms with Crippen LogP contribution in [0, 0.1) is 5.92 Å². The molecule has 0 aromatic rings. The molecule has 0 aromatic heterocycles. The van der Waals surface area contributed by atoms with Gasteiger partial charge in [-0.05, 0) is 32.6 Å². The first-order chi connectivity index (χ1) is 8.63. The minimum absolute atomic E-state index is 0.0707. The lowest BCUT2D eigenvalue weighted by Gasteiger charge is -2.44. The molecule has 2 fully saturated rings. The van der Waals surface area contributed by atoms with E-state index >= 15 is 0 Å². The number of nitrogens with zero attached hydrogens (tertiary/aromatic N) is 1. The lowest BCUT2D eigenvalue weighted by Crippen LogP contribution is -2.69. The predicted octanol–water partition coefficient (Wildman–Crippen LogP) is -0.453. The van der Waals surface area contributed by atoms with E-state index in [0.29, 0.717) is 0 Å². The van der Waals surface area contributed by atoms with Crippen LogP contribution in [0.1, 0.15) is 26.7 Å². The molecule has 19 heavy (non-hydrogen) atoms. The van der Waals surface area contributed by atoms with E-state index in [2.05, 4.69) is 5.32 Å². The Balaban J connectivity index is 2.19. The molecule has 1 aliphatic carbocycles. The van der Waals surface area contributed by atoms with E-state index in [1.165, 1.54) is 4.90 Å². The van der Waals surface area contributed by atoms with Crippen molar-refractivity contribution in [3.63, 3.8) is 0 Å². The molecule has 1 N–H and O–H groups in total. The fourth-order valence-electron chi connectivity index (χ4n) is 2.34. The average molecular weight is 288 g/mol. The Morgan fingerprint density at radius 3 is 2.37 bits per heavy atom. The third-order valence-electron chi connectivity index (χ3n) is 3.83. The molecule has 2 aliphatic rings. The van der Waals surface area contributed by atoms with Gasteiger partial charge in [-0.1, -0.05) is 0 Å². The van der Waals surface area contributed by atoms with Gasteiger partial charge in [0.25, 0.3) is 0 Å². The third kappa shape index (κ3) is 2.91. The summed E-state index contributed by atoms with van der Waals surface area (Å²) in [7, 11) is -3.16. The molecule has 2 amide bonds. The Labute approximate surface area is 113 Å². The van der Waals surface area contributed by atoms with Gasteiger partial charge in [0.2, 0.25) is 11.8 Å². The zero-order valence-electron chi connectivity index (χ0n) is 11.5. The number of hydrogen-bond donors (Lipinski definition) is 1. The predicted molar refractivity (Wildman–Crippen MR) is 70.2 cm³/mol. The zero-order valence-corrected chi connectivity index (χ0v) is 12.3. The van der Waals surface area contributed by atoms with Gasteiger partial charge in [0, 0.05) is 12.8 Å². The molecular formula is C12H20N2O4S. The van der Waals surface area contributed by atoms with E-state index < -0.39 is 21.4 Å². The first kappa shape index (κ1) is 14.3. The van der Waals surface area contributed by atoms with Gasteiger partial charge in [0.1, 0.15) is 21.4 Å². The van der Waals surface area contributed by atoms with E-state index in [4.69, 9.17) is 0 Å². The van der Waals surface area contributed by atoms with E-state index in [1.54, 1.807) is 13.8 Å². The summed E-state index contributed by atoms with van der Waals surface area (Å²) in [5, 5.41) is 2.77. The second kappa shape index (κ2) is 4.47. The third-order valence-corrected chi connectivity index (χ3v) is 4.75. The molecule has 0 bridgehead atoms. The first-order valence-corrected chi connectivity index (χ1v) is 8.49. The van der Waals surface area contributed by atoms with Crippen LogP contribution in [0.3, 0.4) is 0 Å². The lowest BCUT2D eigenvalue weighted by atomic mass is 9.94. The molecular weight excluding hydrogens is 268 g/mol. The van der Waals surface area contributed by atoms with Gasteiger partial charge < -0.3 is 10.2 Å². The SMILES string of the molecule is CC1(C)C(=O)NC(C2CC2)C(=O)N1CCS(C)(=O)=O. The number of hydrogen-bond acceptors (Lipinski definition) is 4. The van der Waals surface area contributed by atoms with Crippen molar-refractivity contribution in [1.29, 1.82) is 0 Å². The summed E-state index contributed by atoms with van der Waals surface area (Å²) in [6.07, 6.45) is 3.01. The maximum Gasteiger partial charge on any atom is 0.246 e. The maximum atomic E-state index is 12.4. The number of carbonyl (C=O) groups is 2. The monoisotopic (exact) mass is 288 g/mol. The lowest BCUT2D eigenvalue weighted by molar-refractivity contribution is -0.155. The molecule has 6 nitrogen and oxygen atoms in total. The van der Waals surface area contributed by atoms with E-state index in [0.717, 1.165) is 19.1 Å². The fourth-order valence-corrected chi connectivity index (χ4v) is 2.86. The normalized spacial score (nSPS) is 27.3. The Kier molecular flexibility index (Phi) is 3.36. The highest BCUT2D eigenvalue weighted by Gasteiger charge is 2.50. The minimum Gasteiger partial charge on any atom is -0.342 e. The quantitative estimate of drug-likeness (QED) is 0.759. The van der Waals surface area contributed by atoms with Crippen LogP contribution >= 0.6 is 0 Å². The summed E-state index contributed by atoms with van der Waals surface area (Å²) in [6.45, 7) is 3.36. The van der Waals surface area contributed by atoms with Crippen molar-refractivity contribution in [2.45, 2.75) is 38.3 Å². The molecule has 1 unspecified atom stereocenters. The molecule has 2 rings (SSSR count). The van der Waals surface area contributed by atoms with Gasteiger partial charge in [-0.3, -0.25) is 9.59 Å². The summed E-state index contributed by atoms with van der Waals surface area (Å²) in [4.78, 5) is 25.9. The number of nitrogens with one attached hydrogen (secondary N) is 1. The van der Waals surface area contributed by atoms with Gasteiger partial charge in [-0.2, -0.15) is 0 Å². The Morgan fingerprint density at radius 2 is 1.89 bits per heavy atom. The first-order valence-electron chi connectivity index (χ1n) is 6.43. The van der Waals surface area contributed by atoms with E-state index in [1.807, 2.05) is 0 Å². The van der Waals surface area contributed by atoms with Crippen molar-refractivity contribution in [2.24, 2.45) is 5.92 Å². The minimum atomic E-state index is -3.16. The molecule has 1 heterocycles. The van der Waals surface area contributed by atoms with Crippen LogP contribution in [0.2, 0.25) is 0 Å². The summed E-state index contributed by atoms with van der Waals surface area (Å²) >= 11 is 0. The molecule has 1 atom stereocenters. The second-order valence-electron chi connectivity index (χ2n) is 5.97. The van der Waals surface area contributed by atoms with Crippen LogP contribution in [-0.4, -0.2) is 55.3 Å². The van der Waals surface area contributed by atoms with Crippen molar-refractivity contribution in [1.82, 2.24) is 10.2 Å². The molecule has 0 aromatic carbocycles. The number of carbonyl (C=O) groups excluding carboxylic acids is 2. The molecule has 0 radical (unpaired) electrons. The van der Waals surface area contributed by atoms with Crippen molar-refractivity contribution in [3.05, 3.63) is 0 Å². The van der Waals surface area contributed by atoms with Gasteiger partial charge in [-0.25, -0.2) is 8.42 Å². The highest BCUT2D eigenvalue weighted by Crippen LogP contribution is 2.36. The van der Waals surface area contributed by atoms with Crippen LogP contribution < -0.4 is 5.32 Å². The van der Waals surface area contributed by atoms with Gasteiger partial charge >= 0.3 is 0 Å². The van der Waals surface area contributed by atoms with Crippen LogP contribution in [-0.2, 0) is 19.4 Å². The Hall–Kier alpha value is -1.11. The largest absolute Gasteiger partial charge is 0.342 e. The average Bonchev–Trinajstić information content (AvgIpc) is 3.05. The van der Waals surface area contributed by atoms with Crippen molar-refractivity contribution >= 4 is 21.7 Å². The summed E-state index contributed by atoms with van der Waals surface area (Å²) < 4.78 is 22.5. The van der Waals surface area contributed by atoms with Crippen LogP contribution in [0.5, 0.6) is 0 Å². The second-order valence-corrected chi connectivity index (χ2v) is 8.23. The van der Waals surface area contributed by atoms with E-state index in [-0.39, 0.29) is 30.0 Å². The van der Waals surface area contributed by atoms with Crippen molar-refractivity contribution in [2.75, 3.05) is 18.6 Å². The van der Waals surface area contributed by atoms with Crippen LogP contribution in [0.25, 0.3) is 0 Å². The van der Waals surface area contributed by atoms with Crippen molar-refractivity contribution in [3.8, 4) is 0 Å². The molecule has 7 heteroatoms. The standard InChI is InChI=1S/C12H20N2O4S/c1-12(2)11(16)13-9(8-4-5-8)10(15)14(12)6-7-19(3,17)18/h8-9H,4-7H2,1-3H3,(H,13,16). The van der Waals surface area contributed by atoms with E-state index in [9.17, 15) is 18.0 Å². The summed E-state index contributed by atoms with van der Waals surface area (Å²) in [5.41, 5.74) is -0.993. The van der Waals surface area contributed by atoms with Crippen molar-refractivity contribution < 1.29 is 18.0 Å². The zero-order chi connectivity index (χ0) is 14.4. The molecule has 1 aliphatic heterocycles. The Morgan fingerprint density at radius 1 is 1.32 bits per heavy atom.